The van der Waals surface area contributed by atoms with Crippen molar-refractivity contribution in [1.82, 2.24) is 14.9 Å². The van der Waals surface area contributed by atoms with Crippen LogP contribution in [0.15, 0.2) is 67.3 Å². The van der Waals surface area contributed by atoms with Crippen LogP contribution in [0.2, 0.25) is 0 Å². The predicted molar refractivity (Wildman–Crippen MR) is 99.2 cm³/mol. The Morgan fingerprint density at radius 2 is 1.67 bits per heavy atom. The number of halogens is 1. The Bertz CT molecular complexity index is 862. The summed E-state index contributed by atoms with van der Waals surface area (Å²) in [6, 6.07) is 10.9. The first-order chi connectivity index (χ1) is 13.0. The Labute approximate surface area is 157 Å². The minimum absolute atomic E-state index is 0.353. The first kappa shape index (κ1) is 18.7. The Kier molecular flexibility index (Phi) is 5.88. The number of carboxylic acids is 1. The summed E-state index contributed by atoms with van der Waals surface area (Å²) in [5.41, 5.74) is 2.74. The molecule has 27 heavy (non-hydrogen) atoms. The van der Waals surface area contributed by atoms with Crippen LogP contribution >= 0.6 is 0 Å². The number of aryl methyl sites for hydroxylation is 1. The minimum atomic E-state index is -0.992. The fourth-order valence-corrected chi connectivity index (χ4v) is 3.04. The van der Waals surface area contributed by atoms with Gasteiger partial charge in [-0.1, -0.05) is 24.3 Å². The van der Waals surface area contributed by atoms with Crippen molar-refractivity contribution in [2.45, 2.75) is 26.1 Å². The van der Waals surface area contributed by atoms with Crippen LogP contribution in [-0.2, 0) is 17.9 Å². The van der Waals surface area contributed by atoms with Crippen LogP contribution in [0.3, 0.4) is 0 Å². The molecule has 3 aromatic rings. The summed E-state index contributed by atoms with van der Waals surface area (Å²) in [6.07, 6.45) is 6.77. The van der Waals surface area contributed by atoms with E-state index in [4.69, 9.17) is 0 Å². The SMILES string of the molecule is Cc1cc(C(C(=O)O)N(Cc2cccnc2)Cc2cccnc2)ccc1F. The van der Waals surface area contributed by atoms with Gasteiger partial charge >= 0.3 is 5.97 Å². The molecule has 0 fully saturated rings. The third-order valence-electron chi connectivity index (χ3n) is 4.31. The van der Waals surface area contributed by atoms with Crippen LogP contribution in [0.25, 0.3) is 0 Å². The van der Waals surface area contributed by atoms with Crippen molar-refractivity contribution < 1.29 is 14.3 Å². The summed E-state index contributed by atoms with van der Waals surface area (Å²) in [5.74, 6) is -1.34. The molecule has 0 spiro atoms. The molecule has 0 saturated carbocycles. The molecule has 138 valence electrons. The zero-order chi connectivity index (χ0) is 19.2. The van der Waals surface area contributed by atoms with Crippen LogP contribution < -0.4 is 0 Å². The smallest absolute Gasteiger partial charge is 0.325 e. The van der Waals surface area contributed by atoms with Crippen molar-refractivity contribution in [3.8, 4) is 0 Å². The van der Waals surface area contributed by atoms with Gasteiger partial charge in [0.05, 0.1) is 0 Å². The molecule has 0 aliphatic carbocycles. The molecule has 0 amide bonds. The second-order valence-electron chi connectivity index (χ2n) is 6.38. The second kappa shape index (κ2) is 8.51. The van der Waals surface area contributed by atoms with Crippen LogP contribution in [0.5, 0.6) is 0 Å². The molecule has 2 aromatic heterocycles. The highest BCUT2D eigenvalue weighted by molar-refractivity contribution is 5.75. The molecule has 2 heterocycles. The molecule has 1 N–H and O–H groups in total. The van der Waals surface area contributed by atoms with E-state index in [0.717, 1.165) is 11.1 Å². The van der Waals surface area contributed by atoms with Gasteiger partial charge in [0.1, 0.15) is 11.9 Å². The number of carbonyl (C=O) groups is 1. The molecule has 0 bridgehead atoms. The fraction of sp³-hybridized carbons (Fsp3) is 0.190. The fourth-order valence-electron chi connectivity index (χ4n) is 3.04. The van der Waals surface area contributed by atoms with Gasteiger partial charge in [-0.05, 0) is 47.4 Å². The highest BCUT2D eigenvalue weighted by Gasteiger charge is 2.28. The van der Waals surface area contributed by atoms with E-state index in [0.29, 0.717) is 24.2 Å². The van der Waals surface area contributed by atoms with Gasteiger partial charge in [-0.3, -0.25) is 19.7 Å². The zero-order valence-electron chi connectivity index (χ0n) is 14.9. The van der Waals surface area contributed by atoms with Crippen molar-refractivity contribution in [3.05, 3.63) is 95.3 Å². The average molecular weight is 365 g/mol. The molecular weight excluding hydrogens is 345 g/mol. The van der Waals surface area contributed by atoms with Crippen molar-refractivity contribution in [1.29, 1.82) is 0 Å². The van der Waals surface area contributed by atoms with Gasteiger partial charge in [-0.25, -0.2) is 4.39 Å². The van der Waals surface area contributed by atoms with Crippen LogP contribution in [0.4, 0.5) is 4.39 Å². The third-order valence-corrected chi connectivity index (χ3v) is 4.31. The molecule has 0 saturated heterocycles. The van der Waals surface area contributed by atoms with Gasteiger partial charge in [-0.15, -0.1) is 0 Å². The molecule has 1 aromatic carbocycles. The largest absolute Gasteiger partial charge is 0.480 e. The molecule has 5 nitrogen and oxygen atoms in total. The lowest BCUT2D eigenvalue weighted by molar-refractivity contribution is -0.144. The number of aliphatic carboxylic acids is 1. The molecule has 0 radical (unpaired) electrons. The maximum Gasteiger partial charge on any atom is 0.325 e. The number of hydrogen-bond donors (Lipinski definition) is 1. The molecule has 3 rings (SSSR count). The van der Waals surface area contributed by atoms with E-state index in [1.54, 1.807) is 37.8 Å². The van der Waals surface area contributed by atoms with E-state index in [9.17, 15) is 14.3 Å². The normalized spacial score (nSPS) is 12.1. The second-order valence-corrected chi connectivity index (χ2v) is 6.38. The monoisotopic (exact) mass is 365 g/mol. The highest BCUT2D eigenvalue weighted by Crippen LogP contribution is 2.27. The Morgan fingerprint density at radius 1 is 1.07 bits per heavy atom. The van der Waals surface area contributed by atoms with E-state index in [-0.39, 0.29) is 5.82 Å². The number of pyridine rings is 2. The minimum Gasteiger partial charge on any atom is -0.480 e. The van der Waals surface area contributed by atoms with Crippen molar-refractivity contribution in [2.24, 2.45) is 0 Å². The van der Waals surface area contributed by atoms with E-state index in [2.05, 4.69) is 9.97 Å². The quantitative estimate of drug-likeness (QED) is 0.691. The molecule has 0 aliphatic heterocycles. The van der Waals surface area contributed by atoms with Gasteiger partial charge in [0, 0.05) is 37.9 Å². The lowest BCUT2D eigenvalue weighted by Gasteiger charge is -2.29. The van der Waals surface area contributed by atoms with Crippen molar-refractivity contribution >= 4 is 5.97 Å². The molecule has 1 atom stereocenters. The summed E-state index contributed by atoms with van der Waals surface area (Å²) in [7, 11) is 0. The summed E-state index contributed by atoms with van der Waals surface area (Å²) < 4.78 is 13.7. The first-order valence-corrected chi connectivity index (χ1v) is 8.55. The molecular formula is C21H20FN3O2. The Hall–Kier alpha value is -3.12. The van der Waals surface area contributed by atoms with E-state index in [1.165, 1.54) is 12.1 Å². The maximum atomic E-state index is 13.7. The summed E-state index contributed by atoms with van der Waals surface area (Å²) in [5, 5.41) is 9.95. The Morgan fingerprint density at radius 3 is 2.11 bits per heavy atom. The van der Waals surface area contributed by atoms with Crippen molar-refractivity contribution in [3.63, 3.8) is 0 Å². The summed E-state index contributed by atoms with van der Waals surface area (Å²) in [4.78, 5) is 22.2. The van der Waals surface area contributed by atoms with E-state index in [1.807, 2.05) is 29.2 Å². The lowest BCUT2D eigenvalue weighted by Crippen LogP contribution is -2.33. The van der Waals surface area contributed by atoms with Gasteiger partial charge < -0.3 is 5.11 Å². The van der Waals surface area contributed by atoms with Gasteiger partial charge in [0.25, 0.3) is 0 Å². The van der Waals surface area contributed by atoms with Crippen LogP contribution in [-0.4, -0.2) is 25.9 Å². The highest BCUT2D eigenvalue weighted by atomic mass is 19.1. The number of hydrogen-bond acceptors (Lipinski definition) is 4. The maximum absolute atomic E-state index is 13.7. The number of nitrogens with zero attached hydrogens (tertiary/aromatic N) is 3. The zero-order valence-corrected chi connectivity index (χ0v) is 14.9. The van der Waals surface area contributed by atoms with Gasteiger partial charge in [-0.2, -0.15) is 0 Å². The van der Waals surface area contributed by atoms with Crippen molar-refractivity contribution in [2.75, 3.05) is 0 Å². The first-order valence-electron chi connectivity index (χ1n) is 8.55. The number of benzene rings is 1. The number of rotatable bonds is 7. The predicted octanol–water partition coefficient (Wildman–Crippen LogP) is 3.75. The number of carboxylic acid groups (broad SMARTS) is 1. The van der Waals surface area contributed by atoms with E-state index < -0.39 is 12.0 Å². The van der Waals surface area contributed by atoms with E-state index >= 15 is 0 Å². The van der Waals surface area contributed by atoms with Crippen LogP contribution in [0, 0.1) is 12.7 Å². The third kappa shape index (κ3) is 4.74. The van der Waals surface area contributed by atoms with Gasteiger partial charge in [0.2, 0.25) is 0 Å². The Balaban J connectivity index is 1.98. The molecule has 1 unspecified atom stereocenters. The summed E-state index contributed by atoms with van der Waals surface area (Å²) in [6.45, 7) is 2.40. The number of aromatic nitrogens is 2. The van der Waals surface area contributed by atoms with Gasteiger partial charge in [0.15, 0.2) is 0 Å². The molecule has 6 heteroatoms. The standard InChI is InChI=1S/C21H20FN3O2/c1-15-10-18(6-7-19(15)22)20(21(26)27)25(13-16-4-2-8-23-11-16)14-17-5-3-9-24-12-17/h2-12,20H,13-14H2,1H3,(H,26,27). The topological polar surface area (TPSA) is 66.3 Å². The summed E-state index contributed by atoms with van der Waals surface area (Å²) >= 11 is 0. The molecule has 0 aliphatic rings. The van der Waals surface area contributed by atoms with Crippen LogP contribution in [0.1, 0.15) is 28.3 Å². The lowest BCUT2D eigenvalue weighted by atomic mass is 10.0. The average Bonchev–Trinajstić information content (AvgIpc) is 2.66.